The second-order valence-corrected chi connectivity index (χ2v) is 9.49. The van der Waals surface area contributed by atoms with Gasteiger partial charge in [-0.1, -0.05) is 72.4 Å². The first kappa shape index (κ1) is 20.9. The fourth-order valence-electron chi connectivity index (χ4n) is 3.89. The van der Waals surface area contributed by atoms with Crippen LogP contribution < -0.4 is 5.32 Å². The number of hydrogen-bond acceptors (Lipinski definition) is 6. The predicted molar refractivity (Wildman–Crippen MR) is 129 cm³/mol. The third-order valence-corrected chi connectivity index (χ3v) is 7.29. The van der Waals surface area contributed by atoms with Gasteiger partial charge in [-0.15, -0.1) is 21.5 Å². The van der Waals surface area contributed by atoms with Crippen LogP contribution in [0.25, 0.3) is 11.3 Å². The Kier molecular flexibility index (Phi) is 6.05. The summed E-state index contributed by atoms with van der Waals surface area (Å²) in [4.78, 5) is 17.0. The van der Waals surface area contributed by atoms with Crippen molar-refractivity contribution < 1.29 is 4.79 Å². The van der Waals surface area contributed by atoms with Crippen molar-refractivity contribution in [2.75, 3.05) is 11.1 Å². The summed E-state index contributed by atoms with van der Waals surface area (Å²) in [7, 11) is 0. The molecule has 1 saturated carbocycles. The molecule has 0 radical (unpaired) electrons. The molecule has 0 bridgehead atoms. The fourth-order valence-corrected chi connectivity index (χ4v) is 5.43. The van der Waals surface area contributed by atoms with Gasteiger partial charge in [0.2, 0.25) is 5.91 Å². The topological polar surface area (TPSA) is 72.7 Å². The van der Waals surface area contributed by atoms with Crippen molar-refractivity contribution in [1.82, 2.24) is 19.7 Å². The normalized spacial score (nSPS) is 17.3. The number of rotatable bonds is 8. The van der Waals surface area contributed by atoms with Crippen molar-refractivity contribution in [1.29, 1.82) is 0 Å². The molecular formula is C24H23N5OS2. The third kappa shape index (κ3) is 4.47. The molecule has 2 aromatic carbocycles. The van der Waals surface area contributed by atoms with Gasteiger partial charge in [-0.2, -0.15) is 0 Å². The Labute approximate surface area is 195 Å². The highest BCUT2D eigenvalue weighted by Crippen LogP contribution is 2.54. The molecule has 162 valence electrons. The highest BCUT2D eigenvalue weighted by atomic mass is 32.2. The Morgan fingerprint density at radius 3 is 2.59 bits per heavy atom. The van der Waals surface area contributed by atoms with Crippen LogP contribution in [-0.2, 0) is 11.3 Å². The molecule has 2 unspecified atom stereocenters. The smallest absolute Gasteiger partial charge is 0.236 e. The van der Waals surface area contributed by atoms with Crippen LogP contribution in [0.1, 0.15) is 36.6 Å². The summed E-state index contributed by atoms with van der Waals surface area (Å²) in [5.41, 5.74) is 3.26. The summed E-state index contributed by atoms with van der Waals surface area (Å²) in [5, 5.41) is 15.1. The molecule has 0 saturated heterocycles. The number of hydrogen-bond donors (Lipinski definition) is 1. The zero-order valence-electron chi connectivity index (χ0n) is 17.6. The number of benzene rings is 2. The Balaban J connectivity index is 1.19. The maximum Gasteiger partial charge on any atom is 0.236 e. The van der Waals surface area contributed by atoms with E-state index >= 15 is 0 Å². The largest absolute Gasteiger partial charge is 0.306 e. The van der Waals surface area contributed by atoms with Crippen molar-refractivity contribution in [3.05, 3.63) is 77.4 Å². The number of aromatic nitrogens is 4. The zero-order chi connectivity index (χ0) is 21.9. The summed E-state index contributed by atoms with van der Waals surface area (Å²) < 4.78 is 2.14. The lowest BCUT2D eigenvalue weighted by Gasteiger charge is -2.07. The Morgan fingerprint density at radius 2 is 1.84 bits per heavy atom. The molecule has 5 rings (SSSR count). The van der Waals surface area contributed by atoms with Crippen LogP contribution in [-0.4, -0.2) is 31.4 Å². The van der Waals surface area contributed by atoms with Crippen molar-refractivity contribution in [2.24, 2.45) is 0 Å². The first-order valence-electron chi connectivity index (χ1n) is 10.6. The molecule has 1 N–H and O–H groups in total. The number of anilines is 1. The number of carbonyl (C=O) groups is 1. The van der Waals surface area contributed by atoms with E-state index < -0.39 is 0 Å². The SMILES string of the molecule is CCn1c(SCC(=O)Nc2nc(-c3ccccc3)cs2)nnc1C1CC1c1ccccc1. The highest BCUT2D eigenvalue weighted by molar-refractivity contribution is 7.99. The fraction of sp³-hybridized carbons (Fsp3) is 0.250. The molecule has 1 aliphatic rings. The lowest BCUT2D eigenvalue weighted by atomic mass is 10.1. The maximum absolute atomic E-state index is 12.5. The first-order valence-corrected chi connectivity index (χ1v) is 12.5. The Morgan fingerprint density at radius 1 is 1.09 bits per heavy atom. The van der Waals surface area contributed by atoms with Crippen LogP contribution in [0, 0.1) is 0 Å². The van der Waals surface area contributed by atoms with E-state index in [0.29, 0.717) is 17.0 Å². The van der Waals surface area contributed by atoms with E-state index in [-0.39, 0.29) is 11.7 Å². The minimum Gasteiger partial charge on any atom is -0.306 e. The number of nitrogens with one attached hydrogen (secondary N) is 1. The van der Waals surface area contributed by atoms with Gasteiger partial charge in [-0.05, 0) is 24.8 Å². The summed E-state index contributed by atoms with van der Waals surface area (Å²) in [6, 6.07) is 20.5. The van der Waals surface area contributed by atoms with Gasteiger partial charge in [0, 0.05) is 23.4 Å². The van der Waals surface area contributed by atoms with E-state index in [1.165, 1.54) is 28.7 Å². The quantitative estimate of drug-likeness (QED) is 0.355. The predicted octanol–water partition coefficient (Wildman–Crippen LogP) is 5.42. The molecule has 0 aliphatic heterocycles. The van der Waals surface area contributed by atoms with E-state index in [9.17, 15) is 4.79 Å². The van der Waals surface area contributed by atoms with Crippen LogP contribution >= 0.6 is 23.1 Å². The molecule has 2 heterocycles. The van der Waals surface area contributed by atoms with Crippen LogP contribution in [0.4, 0.5) is 5.13 Å². The van der Waals surface area contributed by atoms with Crippen LogP contribution in [0.15, 0.2) is 71.2 Å². The van der Waals surface area contributed by atoms with Crippen LogP contribution in [0.3, 0.4) is 0 Å². The number of carbonyl (C=O) groups excluding carboxylic acids is 1. The average Bonchev–Trinajstić information content (AvgIpc) is 3.30. The zero-order valence-corrected chi connectivity index (χ0v) is 19.3. The van der Waals surface area contributed by atoms with Crippen molar-refractivity contribution in [2.45, 2.75) is 36.9 Å². The van der Waals surface area contributed by atoms with Gasteiger partial charge in [0.1, 0.15) is 5.82 Å². The molecule has 4 aromatic rings. The molecule has 1 aliphatic carbocycles. The standard InChI is InChI=1S/C24H23N5OS2/c1-2-29-22(19-13-18(19)16-9-5-3-6-10-16)27-28-24(29)32-15-21(30)26-23-25-20(14-31-23)17-11-7-4-8-12-17/h3-12,14,18-19H,2,13,15H2,1H3,(H,25,26,30). The van der Waals surface area contributed by atoms with Gasteiger partial charge in [-0.3, -0.25) is 4.79 Å². The van der Waals surface area contributed by atoms with Crippen LogP contribution in [0.2, 0.25) is 0 Å². The number of thiazole rings is 1. The summed E-state index contributed by atoms with van der Waals surface area (Å²) in [6.07, 6.45) is 1.10. The monoisotopic (exact) mass is 461 g/mol. The molecule has 32 heavy (non-hydrogen) atoms. The summed E-state index contributed by atoms with van der Waals surface area (Å²) >= 11 is 2.85. The Bertz CT molecular complexity index is 1210. The van der Waals surface area contributed by atoms with Gasteiger partial charge in [0.25, 0.3) is 0 Å². The average molecular weight is 462 g/mol. The van der Waals surface area contributed by atoms with Gasteiger partial charge in [0.05, 0.1) is 11.4 Å². The second kappa shape index (κ2) is 9.26. The van der Waals surface area contributed by atoms with E-state index in [4.69, 9.17) is 0 Å². The minimum absolute atomic E-state index is 0.0928. The van der Waals surface area contributed by atoms with Crippen LogP contribution in [0.5, 0.6) is 0 Å². The Hall–Kier alpha value is -2.97. The van der Waals surface area contributed by atoms with E-state index in [1.54, 1.807) is 0 Å². The van der Waals surface area contributed by atoms with Gasteiger partial charge in [-0.25, -0.2) is 4.98 Å². The molecule has 0 spiro atoms. The summed E-state index contributed by atoms with van der Waals surface area (Å²) in [6.45, 7) is 2.88. The van der Waals surface area contributed by atoms with Gasteiger partial charge >= 0.3 is 0 Å². The lowest BCUT2D eigenvalue weighted by molar-refractivity contribution is -0.113. The number of amides is 1. The number of nitrogens with zero attached hydrogens (tertiary/aromatic N) is 4. The van der Waals surface area contributed by atoms with E-state index in [0.717, 1.165) is 35.2 Å². The molecule has 1 fully saturated rings. The maximum atomic E-state index is 12.5. The van der Waals surface area contributed by atoms with E-state index in [1.807, 2.05) is 41.8 Å². The molecule has 2 aromatic heterocycles. The van der Waals surface area contributed by atoms with Crippen molar-refractivity contribution in [3.8, 4) is 11.3 Å². The van der Waals surface area contributed by atoms with Crippen molar-refractivity contribution in [3.63, 3.8) is 0 Å². The molecule has 2 atom stereocenters. The minimum atomic E-state index is -0.0928. The first-order chi connectivity index (χ1) is 15.7. The van der Waals surface area contributed by atoms with Gasteiger partial charge < -0.3 is 9.88 Å². The lowest BCUT2D eigenvalue weighted by Crippen LogP contribution is -2.14. The number of thioether (sulfide) groups is 1. The highest BCUT2D eigenvalue weighted by Gasteiger charge is 2.43. The summed E-state index contributed by atoms with van der Waals surface area (Å²) in [5.74, 6) is 2.11. The molecule has 8 heteroatoms. The molecule has 6 nitrogen and oxygen atoms in total. The van der Waals surface area contributed by atoms with E-state index in [2.05, 4.69) is 56.3 Å². The third-order valence-electron chi connectivity index (χ3n) is 5.56. The molecule has 1 amide bonds. The van der Waals surface area contributed by atoms with Gasteiger partial charge in [0.15, 0.2) is 10.3 Å². The second-order valence-electron chi connectivity index (χ2n) is 7.69. The van der Waals surface area contributed by atoms with Crippen molar-refractivity contribution >= 4 is 34.1 Å². The molecular weight excluding hydrogens is 438 g/mol.